The number of aromatic nitrogens is 2. The number of nitrogens with zero attached hydrogens (tertiary/aromatic N) is 2. The summed E-state index contributed by atoms with van der Waals surface area (Å²) >= 11 is 5.66. The minimum atomic E-state index is -5.41. The van der Waals surface area contributed by atoms with Crippen molar-refractivity contribution in [3.63, 3.8) is 0 Å². The third-order valence-corrected chi connectivity index (χ3v) is 7.79. The Hall–Kier alpha value is -4.60. The molecule has 0 bridgehead atoms. The third kappa shape index (κ3) is 10.2. The summed E-state index contributed by atoms with van der Waals surface area (Å²) in [5, 5.41) is 4.32. The number of allylic oxidation sites excluding steroid dienone is 2. The lowest BCUT2D eigenvalue weighted by Gasteiger charge is -2.25. The van der Waals surface area contributed by atoms with Gasteiger partial charge < -0.3 is 10.1 Å². The van der Waals surface area contributed by atoms with Crippen LogP contribution >= 0.6 is 11.6 Å². The number of amides is 1. The zero-order chi connectivity index (χ0) is 38.3. The zero-order valence-electron chi connectivity index (χ0n) is 26.9. The molecule has 0 fully saturated rings. The second-order valence-corrected chi connectivity index (χ2v) is 11.5. The molecule has 2 atom stereocenters. The molecule has 0 aliphatic carbocycles. The Morgan fingerprint density at radius 2 is 1.65 bits per heavy atom. The molecule has 7 nitrogen and oxygen atoms in total. The molecule has 0 radical (unpaired) electrons. The molecule has 2 aromatic carbocycles. The number of benzene rings is 2. The van der Waals surface area contributed by atoms with E-state index < -0.39 is 105 Å². The summed E-state index contributed by atoms with van der Waals surface area (Å²) in [6, 6.07) is -1.40. The number of nitrogens with one attached hydrogen (secondary N) is 1. The topological polar surface area (TPSA) is 90.3 Å². The first kappa shape index (κ1) is 40.8. The summed E-state index contributed by atoms with van der Waals surface area (Å²) < 4.78 is 134. The molecular formula is C34H31ClF9N3O4. The largest absolute Gasteiger partial charge is 0.466 e. The average molecular weight is 752 g/mol. The zero-order valence-corrected chi connectivity index (χ0v) is 27.6. The highest BCUT2D eigenvalue weighted by atomic mass is 35.5. The van der Waals surface area contributed by atoms with Crippen molar-refractivity contribution >= 4 is 23.5 Å². The van der Waals surface area contributed by atoms with Crippen LogP contribution in [0.15, 0.2) is 60.4 Å². The molecule has 0 spiro atoms. The molecule has 0 unspecified atom stereocenters. The minimum Gasteiger partial charge on any atom is -0.466 e. The molecule has 1 aromatic heterocycles. The van der Waals surface area contributed by atoms with E-state index in [0.29, 0.717) is 31.4 Å². The Balaban J connectivity index is 2.26. The lowest BCUT2D eigenvalue weighted by molar-refractivity contribution is -0.144. The van der Waals surface area contributed by atoms with Gasteiger partial charge in [0.1, 0.15) is 29.1 Å². The number of aryl methyl sites for hydroxylation is 1. The first-order valence-electron chi connectivity index (χ1n) is 15.3. The molecule has 1 N–H and O–H groups in total. The van der Waals surface area contributed by atoms with Crippen molar-refractivity contribution in [1.82, 2.24) is 15.1 Å². The highest BCUT2D eigenvalue weighted by Crippen LogP contribution is 2.40. The molecule has 3 aromatic rings. The van der Waals surface area contributed by atoms with Crippen LogP contribution in [-0.4, -0.2) is 28.3 Å². The van der Waals surface area contributed by atoms with Gasteiger partial charge in [-0.25, -0.2) is 17.9 Å². The molecule has 0 aliphatic heterocycles. The van der Waals surface area contributed by atoms with E-state index in [-0.39, 0.29) is 29.3 Å². The number of esters is 1. The number of hydrogen-bond acceptors (Lipinski definition) is 5. The van der Waals surface area contributed by atoms with E-state index in [2.05, 4.69) is 23.6 Å². The Morgan fingerprint density at radius 1 is 0.980 bits per heavy atom. The number of carbonyl (C=O) groups excluding carboxylic acids is 2. The van der Waals surface area contributed by atoms with E-state index in [1.165, 1.54) is 6.92 Å². The predicted octanol–water partition coefficient (Wildman–Crippen LogP) is 8.85. The number of unbranched alkanes of at least 4 members (excludes halogenated alkanes) is 2. The van der Waals surface area contributed by atoms with Crippen molar-refractivity contribution < 1.29 is 53.8 Å². The van der Waals surface area contributed by atoms with Crippen molar-refractivity contribution in [2.45, 2.75) is 69.9 Å². The molecule has 1 heterocycles. The maximum absolute atomic E-state index is 15.9. The van der Waals surface area contributed by atoms with Crippen LogP contribution in [0, 0.1) is 17.5 Å². The minimum absolute atomic E-state index is 0.00439. The average Bonchev–Trinajstić information content (AvgIpc) is 3.01. The van der Waals surface area contributed by atoms with E-state index in [1.807, 2.05) is 0 Å². The van der Waals surface area contributed by atoms with Crippen molar-refractivity contribution in [2.75, 3.05) is 6.61 Å². The standard InChI is InChI=1S/C34H31ClF9N3O4/c1-4-7-8-9-11-18-12-20(36)15-24(37)29(18)19-13-21(30(38)22(14-19)33(39,40)41)25(17-28(49)51-6-3)45-32(50)26(10-5-2)47-27(48)16-23(31(35)46-47)34(42,43)44/h4-5,12-16,25-26H,1-2,6-11,17H2,3H3,(H,45,50)/t25-,26-/m0/s1. The van der Waals surface area contributed by atoms with Gasteiger partial charge in [0.15, 0.2) is 5.15 Å². The van der Waals surface area contributed by atoms with Gasteiger partial charge in [-0.3, -0.25) is 14.4 Å². The maximum atomic E-state index is 15.9. The van der Waals surface area contributed by atoms with E-state index >= 15 is 8.78 Å². The summed E-state index contributed by atoms with van der Waals surface area (Å²) in [5.74, 6) is -6.74. The van der Waals surface area contributed by atoms with Crippen LogP contribution < -0.4 is 10.9 Å². The first-order chi connectivity index (χ1) is 23.8. The van der Waals surface area contributed by atoms with Crippen molar-refractivity contribution in [3.8, 4) is 11.1 Å². The van der Waals surface area contributed by atoms with Crippen LogP contribution in [0.1, 0.15) is 73.4 Å². The molecule has 51 heavy (non-hydrogen) atoms. The SMILES string of the molecule is C=CCCCCc1cc(F)cc(F)c1-c1cc([C@H](CC(=O)OCC)NC(=O)[C@H](CC=C)n2nc(Cl)c(C(F)(F)F)cc2=O)c(F)c(C(F)(F)F)c1. The van der Waals surface area contributed by atoms with Crippen LogP contribution in [0.3, 0.4) is 0 Å². The summed E-state index contributed by atoms with van der Waals surface area (Å²) in [6.45, 7) is 8.14. The maximum Gasteiger partial charge on any atom is 0.419 e. The van der Waals surface area contributed by atoms with Gasteiger partial charge in [-0.05, 0) is 68.4 Å². The van der Waals surface area contributed by atoms with E-state index in [9.17, 15) is 45.1 Å². The highest BCUT2D eigenvalue weighted by Gasteiger charge is 2.39. The second kappa shape index (κ2) is 17.1. The van der Waals surface area contributed by atoms with Gasteiger partial charge >= 0.3 is 18.3 Å². The van der Waals surface area contributed by atoms with Crippen LogP contribution in [-0.2, 0) is 33.1 Å². The summed E-state index contributed by atoms with van der Waals surface area (Å²) in [7, 11) is 0. The Bertz CT molecular complexity index is 1840. The number of hydrogen-bond donors (Lipinski definition) is 1. The monoisotopic (exact) mass is 751 g/mol. The number of alkyl halides is 6. The fourth-order valence-corrected chi connectivity index (χ4v) is 5.48. The van der Waals surface area contributed by atoms with Gasteiger partial charge in [-0.15, -0.1) is 13.2 Å². The van der Waals surface area contributed by atoms with E-state index in [1.54, 1.807) is 6.08 Å². The van der Waals surface area contributed by atoms with Gasteiger partial charge in [-0.1, -0.05) is 23.8 Å². The molecular weight excluding hydrogens is 721 g/mol. The quantitative estimate of drug-likeness (QED) is 0.0726. The fourth-order valence-electron chi connectivity index (χ4n) is 5.24. The first-order valence-corrected chi connectivity index (χ1v) is 15.6. The highest BCUT2D eigenvalue weighted by molar-refractivity contribution is 6.30. The van der Waals surface area contributed by atoms with E-state index in [4.69, 9.17) is 16.3 Å². The van der Waals surface area contributed by atoms with Gasteiger partial charge in [0.25, 0.3) is 5.56 Å². The van der Waals surface area contributed by atoms with Gasteiger partial charge in [0.2, 0.25) is 5.91 Å². The molecule has 3 rings (SSSR count). The molecule has 0 saturated carbocycles. The Kier molecular flexibility index (Phi) is 13.7. The van der Waals surface area contributed by atoms with Crippen LogP contribution in [0.5, 0.6) is 0 Å². The number of halogens is 10. The summed E-state index contributed by atoms with van der Waals surface area (Å²) in [4.78, 5) is 39.0. The van der Waals surface area contributed by atoms with Crippen molar-refractivity contribution in [2.24, 2.45) is 0 Å². The Morgan fingerprint density at radius 3 is 2.24 bits per heavy atom. The molecule has 0 saturated heterocycles. The normalized spacial score (nSPS) is 13.0. The van der Waals surface area contributed by atoms with Crippen LogP contribution in [0.2, 0.25) is 5.15 Å². The van der Waals surface area contributed by atoms with Gasteiger partial charge in [0.05, 0.1) is 24.6 Å². The number of ether oxygens (including phenoxy) is 1. The number of carbonyl (C=O) groups is 2. The summed E-state index contributed by atoms with van der Waals surface area (Å²) in [6.07, 6.45) is -7.98. The smallest absolute Gasteiger partial charge is 0.419 e. The van der Waals surface area contributed by atoms with Crippen LogP contribution in [0.25, 0.3) is 11.1 Å². The molecule has 17 heteroatoms. The van der Waals surface area contributed by atoms with Crippen molar-refractivity contribution in [3.05, 3.63) is 111 Å². The summed E-state index contributed by atoms with van der Waals surface area (Å²) in [5.41, 5.74) is -7.11. The fraction of sp³-hybridized carbons (Fsp3) is 0.353. The Labute approximate surface area is 290 Å². The number of rotatable bonds is 15. The third-order valence-electron chi connectivity index (χ3n) is 7.51. The lowest BCUT2D eigenvalue weighted by Crippen LogP contribution is -2.41. The lowest BCUT2D eigenvalue weighted by atomic mass is 9.90. The second-order valence-electron chi connectivity index (χ2n) is 11.1. The van der Waals surface area contributed by atoms with Crippen LogP contribution in [0.4, 0.5) is 39.5 Å². The van der Waals surface area contributed by atoms with Gasteiger partial charge in [0, 0.05) is 23.3 Å². The van der Waals surface area contributed by atoms with E-state index in [0.717, 1.165) is 18.2 Å². The molecule has 276 valence electrons. The molecule has 1 amide bonds. The predicted molar refractivity (Wildman–Crippen MR) is 169 cm³/mol. The molecule has 0 aliphatic rings. The van der Waals surface area contributed by atoms with Crippen molar-refractivity contribution in [1.29, 1.82) is 0 Å². The van der Waals surface area contributed by atoms with Gasteiger partial charge in [-0.2, -0.15) is 31.4 Å².